The third-order valence-corrected chi connectivity index (χ3v) is 3.10. The van der Waals surface area contributed by atoms with E-state index in [1.165, 1.54) is 12.1 Å². The Morgan fingerprint density at radius 2 is 2.00 bits per heavy atom. The quantitative estimate of drug-likeness (QED) is 0.630. The number of aliphatic hydroxyl groups is 1. The Labute approximate surface area is 122 Å². The minimum absolute atomic E-state index is 0.0301. The number of aliphatic hydroxyl groups excluding tert-OH is 1. The first-order valence-corrected chi connectivity index (χ1v) is 6.40. The van der Waals surface area contributed by atoms with Crippen molar-refractivity contribution >= 4 is 11.4 Å². The monoisotopic (exact) mass is 288 g/mol. The molecular weight excluding hydrogens is 272 g/mol. The van der Waals surface area contributed by atoms with Gasteiger partial charge < -0.3 is 15.2 Å². The average molecular weight is 288 g/mol. The van der Waals surface area contributed by atoms with Crippen molar-refractivity contribution < 1.29 is 14.8 Å². The number of anilines is 1. The molecule has 21 heavy (non-hydrogen) atoms. The van der Waals surface area contributed by atoms with Crippen molar-refractivity contribution in [1.29, 1.82) is 0 Å². The first-order chi connectivity index (χ1) is 10.1. The molecule has 0 heterocycles. The smallest absolute Gasteiger partial charge is 0.269 e. The summed E-state index contributed by atoms with van der Waals surface area (Å²) < 4.78 is 5.16. The molecule has 6 nitrogen and oxygen atoms in total. The van der Waals surface area contributed by atoms with E-state index in [1.807, 2.05) is 24.3 Å². The minimum Gasteiger partial charge on any atom is -0.497 e. The molecule has 0 unspecified atom stereocenters. The average Bonchev–Trinajstić information content (AvgIpc) is 2.53. The molecule has 110 valence electrons. The van der Waals surface area contributed by atoms with Crippen LogP contribution in [0.5, 0.6) is 5.75 Å². The summed E-state index contributed by atoms with van der Waals surface area (Å²) in [6.45, 7) is -0.107. The van der Waals surface area contributed by atoms with E-state index in [9.17, 15) is 15.2 Å². The summed E-state index contributed by atoms with van der Waals surface area (Å²) in [6.07, 6.45) is 0. The second-order valence-electron chi connectivity index (χ2n) is 4.46. The van der Waals surface area contributed by atoms with Crippen LogP contribution >= 0.6 is 0 Å². The van der Waals surface area contributed by atoms with E-state index in [2.05, 4.69) is 5.32 Å². The normalized spacial score (nSPS) is 11.7. The molecule has 0 saturated carbocycles. The van der Waals surface area contributed by atoms with Crippen LogP contribution in [0.4, 0.5) is 11.4 Å². The van der Waals surface area contributed by atoms with Gasteiger partial charge in [0.25, 0.3) is 5.69 Å². The van der Waals surface area contributed by atoms with Gasteiger partial charge in [-0.3, -0.25) is 10.1 Å². The standard InChI is InChI=1S/C15H16N2O4/c1-21-14-4-2-3-11(9-14)15(10-18)16-12-5-7-13(8-6-12)17(19)20/h2-9,15-16,18H,10H2,1H3/t15-/m1/s1. The zero-order chi connectivity index (χ0) is 15.2. The van der Waals surface area contributed by atoms with Crippen LogP contribution in [0, 0.1) is 10.1 Å². The number of methoxy groups -OCH3 is 1. The fourth-order valence-electron chi connectivity index (χ4n) is 1.97. The molecule has 0 spiro atoms. The zero-order valence-electron chi connectivity index (χ0n) is 11.5. The number of ether oxygens (including phenoxy) is 1. The van der Waals surface area contributed by atoms with Crippen LogP contribution in [-0.4, -0.2) is 23.7 Å². The Balaban J connectivity index is 2.16. The first-order valence-electron chi connectivity index (χ1n) is 6.40. The maximum absolute atomic E-state index is 10.6. The van der Waals surface area contributed by atoms with Gasteiger partial charge in [0, 0.05) is 17.8 Å². The number of benzene rings is 2. The topological polar surface area (TPSA) is 84.6 Å². The van der Waals surface area contributed by atoms with E-state index in [4.69, 9.17) is 4.74 Å². The van der Waals surface area contributed by atoms with Gasteiger partial charge in [-0.25, -0.2) is 0 Å². The molecule has 0 radical (unpaired) electrons. The lowest BCUT2D eigenvalue weighted by Crippen LogP contribution is -2.14. The first kappa shape index (κ1) is 14.8. The molecule has 0 aliphatic rings. The number of hydrogen-bond acceptors (Lipinski definition) is 5. The molecule has 0 aliphatic heterocycles. The molecule has 2 aromatic rings. The Morgan fingerprint density at radius 3 is 2.57 bits per heavy atom. The molecule has 1 atom stereocenters. The highest BCUT2D eigenvalue weighted by atomic mass is 16.6. The van der Waals surface area contributed by atoms with Crippen molar-refractivity contribution in [3.05, 3.63) is 64.2 Å². The van der Waals surface area contributed by atoms with Crippen LogP contribution < -0.4 is 10.1 Å². The van der Waals surface area contributed by atoms with Gasteiger partial charge in [0.1, 0.15) is 5.75 Å². The summed E-state index contributed by atoms with van der Waals surface area (Å²) in [5.74, 6) is 0.705. The molecule has 0 fully saturated rings. The van der Waals surface area contributed by atoms with E-state index in [-0.39, 0.29) is 18.3 Å². The van der Waals surface area contributed by atoms with Crippen LogP contribution in [0.2, 0.25) is 0 Å². The predicted molar refractivity (Wildman–Crippen MR) is 79.5 cm³/mol. The summed E-state index contributed by atoms with van der Waals surface area (Å²) in [4.78, 5) is 10.2. The number of rotatable bonds is 6. The fraction of sp³-hybridized carbons (Fsp3) is 0.200. The van der Waals surface area contributed by atoms with Crippen LogP contribution in [0.3, 0.4) is 0 Å². The van der Waals surface area contributed by atoms with E-state index in [1.54, 1.807) is 19.2 Å². The molecule has 0 bridgehead atoms. The summed E-state index contributed by atoms with van der Waals surface area (Å²) in [5.41, 5.74) is 1.60. The van der Waals surface area contributed by atoms with E-state index >= 15 is 0 Å². The highest BCUT2D eigenvalue weighted by molar-refractivity contribution is 5.50. The summed E-state index contributed by atoms with van der Waals surface area (Å²) in [5, 5.41) is 23.3. The number of hydrogen-bond donors (Lipinski definition) is 2. The fourth-order valence-corrected chi connectivity index (χ4v) is 1.97. The molecule has 2 N–H and O–H groups in total. The summed E-state index contributed by atoms with van der Waals surface area (Å²) in [7, 11) is 1.58. The van der Waals surface area contributed by atoms with Crippen molar-refractivity contribution in [3.8, 4) is 5.75 Å². The third kappa shape index (κ3) is 3.70. The number of nitro benzene ring substituents is 1. The van der Waals surface area contributed by atoms with Crippen molar-refractivity contribution in [2.75, 3.05) is 19.0 Å². The van der Waals surface area contributed by atoms with Crippen molar-refractivity contribution in [2.24, 2.45) is 0 Å². The maximum atomic E-state index is 10.6. The highest BCUT2D eigenvalue weighted by Gasteiger charge is 2.12. The Morgan fingerprint density at radius 1 is 1.29 bits per heavy atom. The Hall–Kier alpha value is -2.60. The molecule has 0 aliphatic carbocycles. The lowest BCUT2D eigenvalue weighted by molar-refractivity contribution is -0.384. The lowest BCUT2D eigenvalue weighted by atomic mass is 10.1. The van der Waals surface area contributed by atoms with Gasteiger partial charge in [-0.1, -0.05) is 12.1 Å². The Bertz CT molecular complexity index is 613. The minimum atomic E-state index is -0.449. The molecule has 2 rings (SSSR count). The van der Waals surface area contributed by atoms with Crippen LogP contribution in [0.1, 0.15) is 11.6 Å². The van der Waals surface area contributed by atoms with Crippen LogP contribution in [0.25, 0.3) is 0 Å². The van der Waals surface area contributed by atoms with Gasteiger partial charge in [-0.05, 0) is 29.8 Å². The van der Waals surface area contributed by atoms with Crippen LogP contribution in [-0.2, 0) is 0 Å². The highest BCUT2D eigenvalue weighted by Crippen LogP contribution is 2.24. The number of non-ortho nitro benzene ring substituents is 1. The summed E-state index contributed by atoms with van der Waals surface area (Å²) in [6, 6.07) is 13.1. The van der Waals surface area contributed by atoms with Gasteiger partial charge in [0.15, 0.2) is 0 Å². The summed E-state index contributed by atoms with van der Waals surface area (Å²) >= 11 is 0. The Kier molecular flexibility index (Phi) is 4.73. The third-order valence-electron chi connectivity index (χ3n) is 3.10. The second kappa shape index (κ2) is 6.71. The van der Waals surface area contributed by atoms with Gasteiger partial charge >= 0.3 is 0 Å². The number of nitro groups is 1. The molecular formula is C15H16N2O4. The predicted octanol–water partition coefficient (Wildman–Crippen LogP) is 2.75. The van der Waals surface area contributed by atoms with E-state index < -0.39 is 4.92 Å². The van der Waals surface area contributed by atoms with Crippen LogP contribution in [0.15, 0.2) is 48.5 Å². The maximum Gasteiger partial charge on any atom is 0.269 e. The molecule has 0 amide bonds. The van der Waals surface area contributed by atoms with E-state index in [0.717, 1.165) is 5.56 Å². The largest absolute Gasteiger partial charge is 0.497 e. The van der Waals surface area contributed by atoms with Gasteiger partial charge in [-0.15, -0.1) is 0 Å². The van der Waals surface area contributed by atoms with Crippen molar-refractivity contribution in [1.82, 2.24) is 0 Å². The van der Waals surface area contributed by atoms with Gasteiger partial charge in [-0.2, -0.15) is 0 Å². The van der Waals surface area contributed by atoms with Gasteiger partial charge in [0.2, 0.25) is 0 Å². The number of nitrogens with zero attached hydrogens (tertiary/aromatic N) is 1. The molecule has 0 aromatic heterocycles. The SMILES string of the molecule is COc1cccc([C@@H](CO)Nc2ccc([N+](=O)[O-])cc2)c1. The lowest BCUT2D eigenvalue weighted by Gasteiger charge is -2.18. The van der Waals surface area contributed by atoms with Crippen molar-refractivity contribution in [3.63, 3.8) is 0 Å². The zero-order valence-corrected chi connectivity index (χ0v) is 11.5. The molecule has 6 heteroatoms. The van der Waals surface area contributed by atoms with Gasteiger partial charge in [0.05, 0.1) is 24.7 Å². The molecule has 0 saturated heterocycles. The number of nitrogens with one attached hydrogen (secondary N) is 1. The molecule has 2 aromatic carbocycles. The second-order valence-corrected chi connectivity index (χ2v) is 4.46. The van der Waals surface area contributed by atoms with Crippen molar-refractivity contribution in [2.45, 2.75) is 6.04 Å². The van der Waals surface area contributed by atoms with E-state index in [0.29, 0.717) is 11.4 Å².